The van der Waals surface area contributed by atoms with Gasteiger partial charge in [0, 0.05) is 9.52 Å². The first-order valence-corrected chi connectivity index (χ1v) is 6.93. The summed E-state index contributed by atoms with van der Waals surface area (Å²) in [6.45, 7) is 9.48. The summed E-state index contributed by atoms with van der Waals surface area (Å²) in [6.07, 6.45) is 4.30. The molecule has 0 nitrogen and oxygen atoms in total. The van der Waals surface area contributed by atoms with Crippen LogP contribution in [-0.2, 0) is 0 Å². The Balaban J connectivity index is 3.17. The predicted molar refractivity (Wildman–Crippen MR) is 52.5 cm³/mol. The number of hydrogen-bond donors (Lipinski definition) is 0. The average Bonchev–Trinajstić information content (AvgIpc) is 1.99. The molecule has 2 unspecified atom stereocenters. The predicted octanol–water partition coefficient (Wildman–Crippen LogP) is 2.84. The molecule has 0 aromatic heterocycles. The van der Waals surface area contributed by atoms with Gasteiger partial charge in [-0.3, -0.25) is 0 Å². The Morgan fingerprint density at radius 1 is 1.20 bits per heavy atom. The van der Waals surface area contributed by atoms with E-state index in [1.54, 1.807) is 0 Å². The second kappa shape index (κ2) is 5.96. The highest BCUT2D eigenvalue weighted by Crippen LogP contribution is 2.17. The van der Waals surface area contributed by atoms with Crippen molar-refractivity contribution in [1.29, 1.82) is 0 Å². The third-order valence-corrected chi connectivity index (χ3v) is 4.35. The van der Waals surface area contributed by atoms with E-state index in [1.165, 1.54) is 19.3 Å². The van der Waals surface area contributed by atoms with Crippen LogP contribution in [0.25, 0.3) is 0 Å². The lowest BCUT2D eigenvalue weighted by Gasteiger charge is -2.11. The quantitative estimate of drug-likeness (QED) is 0.540. The van der Waals surface area contributed by atoms with Gasteiger partial charge in [-0.05, 0) is 5.92 Å². The highest BCUT2D eigenvalue weighted by Gasteiger charge is 2.02. The normalized spacial score (nSPS) is 18.0. The molecular weight excluding hydrogens is 136 g/mol. The first kappa shape index (κ1) is 10.2. The smallest absolute Gasteiger partial charge is 0.0197 e. The molecular formula is C9H22Si. The highest BCUT2D eigenvalue weighted by atomic mass is 28.2. The molecule has 1 heteroatoms. The van der Waals surface area contributed by atoms with Gasteiger partial charge in [0.25, 0.3) is 0 Å². The Morgan fingerprint density at radius 3 is 2.20 bits per heavy atom. The lowest BCUT2D eigenvalue weighted by Crippen LogP contribution is -1.98. The Bertz CT molecular complexity index is 61.1. The van der Waals surface area contributed by atoms with Crippen LogP contribution in [0, 0.1) is 5.92 Å². The minimum absolute atomic E-state index is 0.288. The van der Waals surface area contributed by atoms with Crippen molar-refractivity contribution < 1.29 is 0 Å². The Morgan fingerprint density at radius 2 is 1.80 bits per heavy atom. The second-order valence-electron chi connectivity index (χ2n) is 3.60. The van der Waals surface area contributed by atoms with Crippen LogP contribution in [-0.4, -0.2) is 9.52 Å². The SMILES string of the molecule is CCC(C)CCC(C)[SiH2]C. The second-order valence-corrected chi connectivity index (χ2v) is 5.81. The van der Waals surface area contributed by atoms with Crippen LogP contribution < -0.4 is 0 Å². The summed E-state index contributed by atoms with van der Waals surface area (Å²) in [6, 6.07) is 0. The van der Waals surface area contributed by atoms with E-state index >= 15 is 0 Å². The van der Waals surface area contributed by atoms with Crippen LogP contribution in [0.15, 0.2) is 0 Å². The molecule has 0 radical (unpaired) electrons. The number of hydrogen-bond acceptors (Lipinski definition) is 0. The Kier molecular flexibility index (Phi) is 6.09. The van der Waals surface area contributed by atoms with E-state index in [4.69, 9.17) is 0 Å². The molecule has 0 rings (SSSR count). The maximum absolute atomic E-state index is 2.42. The van der Waals surface area contributed by atoms with Crippen LogP contribution in [0.1, 0.15) is 40.0 Å². The fourth-order valence-corrected chi connectivity index (χ4v) is 1.62. The molecule has 0 saturated heterocycles. The van der Waals surface area contributed by atoms with Crippen LogP contribution in [0.4, 0.5) is 0 Å². The highest BCUT2D eigenvalue weighted by molar-refractivity contribution is 6.35. The zero-order chi connectivity index (χ0) is 7.98. The van der Waals surface area contributed by atoms with Crippen LogP contribution in [0.5, 0.6) is 0 Å². The minimum Gasteiger partial charge on any atom is -0.0746 e. The van der Waals surface area contributed by atoms with E-state index in [2.05, 4.69) is 27.3 Å². The van der Waals surface area contributed by atoms with Crippen molar-refractivity contribution in [3.8, 4) is 0 Å². The van der Waals surface area contributed by atoms with Gasteiger partial charge in [0.1, 0.15) is 0 Å². The fraction of sp³-hybridized carbons (Fsp3) is 1.00. The van der Waals surface area contributed by atoms with Crippen LogP contribution >= 0.6 is 0 Å². The Labute approximate surface area is 68.2 Å². The van der Waals surface area contributed by atoms with Gasteiger partial charge in [0.15, 0.2) is 0 Å². The maximum Gasteiger partial charge on any atom is 0.0197 e. The summed E-state index contributed by atoms with van der Waals surface area (Å²) in [4.78, 5) is 0. The Hall–Kier alpha value is 0.217. The molecule has 2 atom stereocenters. The molecule has 0 amide bonds. The van der Waals surface area contributed by atoms with Crippen molar-refractivity contribution in [3.05, 3.63) is 0 Å². The molecule has 0 aliphatic rings. The van der Waals surface area contributed by atoms with Crippen LogP contribution in [0.3, 0.4) is 0 Å². The summed E-state index contributed by atoms with van der Waals surface area (Å²) in [5.41, 5.74) is 1.08. The van der Waals surface area contributed by atoms with Gasteiger partial charge in [0.2, 0.25) is 0 Å². The average molecular weight is 158 g/mol. The molecule has 0 aliphatic heterocycles. The van der Waals surface area contributed by atoms with E-state index in [1.807, 2.05) is 0 Å². The lowest BCUT2D eigenvalue weighted by atomic mass is 10.0. The summed E-state index contributed by atoms with van der Waals surface area (Å²) in [7, 11) is 0.288. The largest absolute Gasteiger partial charge is 0.0746 e. The van der Waals surface area contributed by atoms with Crippen molar-refractivity contribution >= 4 is 9.52 Å². The van der Waals surface area contributed by atoms with Crippen molar-refractivity contribution in [3.63, 3.8) is 0 Å². The van der Waals surface area contributed by atoms with Crippen molar-refractivity contribution in [2.75, 3.05) is 0 Å². The monoisotopic (exact) mass is 158 g/mol. The third-order valence-electron chi connectivity index (χ3n) is 2.55. The van der Waals surface area contributed by atoms with Gasteiger partial charge in [0.05, 0.1) is 0 Å². The molecule has 0 saturated carbocycles. The van der Waals surface area contributed by atoms with Gasteiger partial charge in [-0.1, -0.05) is 52.1 Å². The fourth-order valence-electron chi connectivity index (χ4n) is 0.977. The number of rotatable bonds is 5. The minimum atomic E-state index is 0.288. The van der Waals surface area contributed by atoms with Gasteiger partial charge < -0.3 is 0 Å². The molecule has 10 heavy (non-hydrogen) atoms. The summed E-state index contributed by atoms with van der Waals surface area (Å²) in [5, 5.41) is 0. The molecule has 0 N–H and O–H groups in total. The molecule has 0 aromatic rings. The van der Waals surface area contributed by atoms with Gasteiger partial charge >= 0.3 is 0 Å². The first-order chi connectivity index (χ1) is 4.70. The lowest BCUT2D eigenvalue weighted by molar-refractivity contribution is 0.491. The molecule has 62 valence electrons. The summed E-state index contributed by atoms with van der Waals surface area (Å²) < 4.78 is 0. The van der Waals surface area contributed by atoms with E-state index < -0.39 is 0 Å². The van der Waals surface area contributed by atoms with Gasteiger partial charge in [-0.15, -0.1) is 0 Å². The van der Waals surface area contributed by atoms with Gasteiger partial charge in [-0.2, -0.15) is 0 Å². The van der Waals surface area contributed by atoms with E-state index in [0.29, 0.717) is 0 Å². The molecule has 0 bridgehead atoms. The first-order valence-electron chi connectivity index (χ1n) is 4.70. The van der Waals surface area contributed by atoms with Gasteiger partial charge in [-0.25, -0.2) is 0 Å². The zero-order valence-electron chi connectivity index (χ0n) is 7.98. The molecule has 0 fully saturated rings. The van der Waals surface area contributed by atoms with Crippen molar-refractivity contribution in [2.24, 2.45) is 5.92 Å². The molecule has 0 aliphatic carbocycles. The summed E-state index contributed by atoms with van der Waals surface area (Å²) in [5.74, 6) is 0.961. The van der Waals surface area contributed by atoms with Crippen LogP contribution in [0.2, 0.25) is 12.1 Å². The summed E-state index contributed by atoms with van der Waals surface area (Å²) >= 11 is 0. The third kappa shape index (κ3) is 5.04. The van der Waals surface area contributed by atoms with E-state index in [-0.39, 0.29) is 9.52 Å². The topological polar surface area (TPSA) is 0 Å². The van der Waals surface area contributed by atoms with E-state index in [9.17, 15) is 0 Å². The zero-order valence-corrected chi connectivity index (χ0v) is 9.40. The van der Waals surface area contributed by atoms with Crippen molar-refractivity contribution in [2.45, 2.75) is 52.1 Å². The van der Waals surface area contributed by atoms with E-state index in [0.717, 1.165) is 11.5 Å². The maximum atomic E-state index is 2.42. The molecule has 0 aromatic carbocycles. The van der Waals surface area contributed by atoms with Crippen molar-refractivity contribution in [1.82, 2.24) is 0 Å². The molecule has 0 spiro atoms. The standard InChI is InChI=1S/C9H22Si/c1-5-8(2)6-7-9(3)10-4/h8-9H,5-7,10H2,1-4H3. The molecule has 0 heterocycles.